The van der Waals surface area contributed by atoms with E-state index in [1.165, 1.54) is 32.1 Å². The largest absolute Gasteiger partial charge is 0.236 e. The molecule has 2 aliphatic rings. The molecular formula is C12H22O2. The van der Waals surface area contributed by atoms with E-state index in [1.807, 2.05) is 0 Å². The molecule has 2 unspecified atom stereocenters. The monoisotopic (exact) mass is 198 g/mol. The van der Waals surface area contributed by atoms with Gasteiger partial charge in [-0.2, -0.15) is 0 Å². The predicted octanol–water partition coefficient (Wildman–Crippen LogP) is 3.31. The van der Waals surface area contributed by atoms with Crippen LogP contribution in [0.1, 0.15) is 52.4 Å². The summed E-state index contributed by atoms with van der Waals surface area (Å²) < 4.78 is 0. The zero-order valence-electron chi connectivity index (χ0n) is 9.42. The third-order valence-corrected chi connectivity index (χ3v) is 4.27. The lowest BCUT2D eigenvalue weighted by molar-refractivity contribution is -0.406. The molecule has 0 amide bonds. The van der Waals surface area contributed by atoms with Gasteiger partial charge in [0.15, 0.2) is 0 Å². The summed E-state index contributed by atoms with van der Waals surface area (Å²) in [5, 5.41) is 0. The lowest BCUT2D eigenvalue weighted by atomic mass is 9.71. The molecule has 0 aromatic rings. The average Bonchev–Trinajstić information content (AvgIpc) is 2.24. The maximum Gasteiger partial charge on any atom is 0.106 e. The first kappa shape index (κ1) is 10.4. The van der Waals surface area contributed by atoms with Crippen molar-refractivity contribution in [3.8, 4) is 0 Å². The van der Waals surface area contributed by atoms with Crippen LogP contribution in [-0.2, 0) is 9.78 Å². The Morgan fingerprint density at radius 1 is 1.07 bits per heavy atom. The molecule has 1 saturated carbocycles. The van der Waals surface area contributed by atoms with Crippen LogP contribution in [0.4, 0.5) is 0 Å². The van der Waals surface area contributed by atoms with Crippen LogP contribution in [-0.4, -0.2) is 12.2 Å². The van der Waals surface area contributed by atoms with Gasteiger partial charge in [0.05, 0.1) is 6.61 Å². The van der Waals surface area contributed by atoms with Crippen LogP contribution in [0.15, 0.2) is 0 Å². The third kappa shape index (κ3) is 1.82. The van der Waals surface area contributed by atoms with E-state index in [4.69, 9.17) is 9.78 Å². The van der Waals surface area contributed by atoms with E-state index in [-0.39, 0.29) is 5.60 Å². The van der Waals surface area contributed by atoms with Gasteiger partial charge >= 0.3 is 0 Å². The molecule has 14 heavy (non-hydrogen) atoms. The van der Waals surface area contributed by atoms with Gasteiger partial charge in [0.1, 0.15) is 5.60 Å². The van der Waals surface area contributed by atoms with Gasteiger partial charge in [0.2, 0.25) is 0 Å². The maximum atomic E-state index is 5.62. The summed E-state index contributed by atoms with van der Waals surface area (Å²) in [6, 6.07) is 0. The molecule has 0 aromatic heterocycles. The van der Waals surface area contributed by atoms with Crippen molar-refractivity contribution in [1.82, 2.24) is 0 Å². The first-order chi connectivity index (χ1) is 6.73. The standard InChI is InChI=1S/C12H22O2/c1-10-8-9-13-14-12(10,2)11-6-4-3-5-7-11/h10-11H,3-9H2,1-2H3. The Morgan fingerprint density at radius 3 is 2.43 bits per heavy atom. The summed E-state index contributed by atoms with van der Waals surface area (Å²) in [4.78, 5) is 10.8. The van der Waals surface area contributed by atoms with Crippen LogP contribution in [0.5, 0.6) is 0 Å². The maximum absolute atomic E-state index is 5.62. The Bertz CT molecular complexity index is 187. The molecule has 0 N–H and O–H groups in total. The zero-order valence-corrected chi connectivity index (χ0v) is 9.42. The second-order valence-electron chi connectivity index (χ2n) is 5.11. The second kappa shape index (κ2) is 4.19. The normalized spacial score (nSPS) is 41.1. The van der Waals surface area contributed by atoms with Crippen molar-refractivity contribution in [2.45, 2.75) is 58.0 Å². The molecule has 2 rings (SSSR count). The van der Waals surface area contributed by atoms with Crippen molar-refractivity contribution in [1.29, 1.82) is 0 Å². The van der Waals surface area contributed by atoms with E-state index in [2.05, 4.69) is 13.8 Å². The zero-order chi connectivity index (χ0) is 10.0. The number of hydrogen-bond acceptors (Lipinski definition) is 2. The summed E-state index contributed by atoms with van der Waals surface area (Å²) in [5.74, 6) is 1.35. The summed E-state index contributed by atoms with van der Waals surface area (Å²) in [7, 11) is 0. The minimum atomic E-state index is -0.0152. The van der Waals surface area contributed by atoms with E-state index in [0.717, 1.165) is 13.0 Å². The van der Waals surface area contributed by atoms with Gasteiger partial charge in [0, 0.05) is 0 Å². The highest BCUT2D eigenvalue weighted by atomic mass is 17.2. The molecule has 2 heteroatoms. The minimum Gasteiger partial charge on any atom is -0.236 e. The lowest BCUT2D eigenvalue weighted by Crippen LogP contribution is -2.47. The summed E-state index contributed by atoms with van der Waals surface area (Å²) in [6.07, 6.45) is 7.94. The van der Waals surface area contributed by atoms with Crippen LogP contribution < -0.4 is 0 Å². The van der Waals surface area contributed by atoms with Gasteiger partial charge in [-0.1, -0.05) is 26.2 Å². The Hall–Kier alpha value is -0.0800. The number of hydrogen-bond donors (Lipinski definition) is 0. The molecule has 1 aliphatic heterocycles. The fraction of sp³-hybridized carbons (Fsp3) is 1.00. The van der Waals surface area contributed by atoms with E-state index in [1.54, 1.807) is 0 Å². The molecule has 0 bridgehead atoms. The molecule has 1 aliphatic carbocycles. The molecule has 0 spiro atoms. The van der Waals surface area contributed by atoms with E-state index in [0.29, 0.717) is 11.8 Å². The number of rotatable bonds is 1. The van der Waals surface area contributed by atoms with Gasteiger partial charge in [-0.3, -0.25) is 0 Å². The lowest BCUT2D eigenvalue weighted by Gasteiger charge is -2.45. The average molecular weight is 198 g/mol. The van der Waals surface area contributed by atoms with Crippen molar-refractivity contribution < 1.29 is 9.78 Å². The topological polar surface area (TPSA) is 18.5 Å². The van der Waals surface area contributed by atoms with Gasteiger partial charge in [-0.15, -0.1) is 0 Å². The Morgan fingerprint density at radius 2 is 1.79 bits per heavy atom. The van der Waals surface area contributed by atoms with Crippen molar-refractivity contribution >= 4 is 0 Å². The van der Waals surface area contributed by atoms with Gasteiger partial charge < -0.3 is 0 Å². The molecule has 1 heterocycles. The van der Waals surface area contributed by atoms with Crippen molar-refractivity contribution in [2.75, 3.05) is 6.61 Å². The summed E-state index contributed by atoms with van der Waals surface area (Å²) >= 11 is 0. The Kier molecular flexibility index (Phi) is 3.13. The first-order valence-electron chi connectivity index (χ1n) is 6.04. The summed E-state index contributed by atoms with van der Waals surface area (Å²) in [5.41, 5.74) is -0.0152. The minimum absolute atomic E-state index is 0.0152. The molecule has 2 fully saturated rings. The highest BCUT2D eigenvalue weighted by molar-refractivity contribution is 4.90. The van der Waals surface area contributed by atoms with Crippen molar-refractivity contribution in [2.24, 2.45) is 11.8 Å². The van der Waals surface area contributed by atoms with Crippen LogP contribution in [0.3, 0.4) is 0 Å². The fourth-order valence-corrected chi connectivity index (χ4v) is 2.91. The molecule has 0 aromatic carbocycles. The Balaban J connectivity index is 2.03. The fourth-order valence-electron chi connectivity index (χ4n) is 2.91. The van der Waals surface area contributed by atoms with E-state index < -0.39 is 0 Å². The van der Waals surface area contributed by atoms with Crippen molar-refractivity contribution in [3.05, 3.63) is 0 Å². The molecule has 0 radical (unpaired) electrons. The molecule has 2 atom stereocenters. The SMILES string of the molecule is CC1CCOOC1(C)C1CCCCC1. The first-order valence-corrected chi connectivity index (χ1v) is 6.04. The summed E-state index contributed by atoms with van der Waals surface area (Å²) in [6.45, 7) is 5.31. The smallest absolute Gasteiger partial charge is 0.106 e. The van der Waals surface area contributed by atoms with Gasteiger partial charge in [0.25, 0.3) is 0 Å². The molecule has 2 nitrogen and oxygen atoms in total. The van der Waals surface area contributed by atoms with Crippen LogP contribution in [0.25, 0.3) is 0 Å². The molecule has 1 saturated heterocycles. The highest BCUT2D eigenvalue weighted by Crippen LogP contribution is 2.42. The van der Waals surface area contributed by atoms with E-state index in [9.17, 15) is 0 Å². The third-order valence-electron chi connectivity index (χ3n) is 4.27. The quantitative estimate of drug-likeness (QED) is 0.602. The highest BCUT2D eigenvalue weighted by Gasteiger charge is 2.43. The predicted molar refractivity (Wildman–Crippen MR) is 55.8 cm³/mol. The van der Waals surface area contributed by atoms with Gasteiger partial charge in [-0.05, 0) is 38.0 Å². The van der Waals surface area contributed by atoms with Crippen molar-refractivity contribution in [3.63, 3.8) is 0 Å². The van der Waals surface area contributed by atoms with Crippen LogP contribution in [0, 0.1) is 11.8 Å². The van der Waals surface area contributed by atoms with Crippen LogP contribution in [0.2, 0.25) is 0 Å². The molecule has 82 valence electrons. The second-order valence-corrected chi connectivity index (χ2v) is 5.11. The van der Waals surface area contributed by atoms with E-state index >= 15 is 0 Å². The van der Waals surface area contributed by atoms with Crippen LogP contribution >= 0.6 is 0 Å². The molecular weight excluding hydrogens is 176 g/mol. The Labute approximate surface area is 86.9 Å². The van der Waals surface area contributed by atoms with Gasteiger partial charge in [-0.25, -0.2) is 9.78 Å².